The van der Waals surface area contributed by atoms with Crippen LogP contribution in [-0.4, -0.2) is 24.0 Å². The van der Waals surface area contributed by atoms with Gasteiger partial charge in [0.15, 0.2) is 0 Å². The van der Waals surface area contributed by atoms with E-state index in [1.54, 1.807) is 0 Å². The summed E-state index contributed by atoms with van der Waals surface area (Å²) >= 11 is 0. The third-order valence-electron chi connectivity index (χ3n) is 3.45. The van der Waals surface area contributed by atoms with Gasteiger partial charge in [-0.3, -0.25) is 0 Å². The molecule has 1 saturated heterocycles. The molecule has 1 unspecified atom stereocenters. The average Bonchev–Trinajstić information content (AvgIpc) is 2.64. The van der Waals surface area contributed by atoms with E-state index in [9.17, 15) is 0 Å². The van der Waals surface area contributed by atoms with E-state index in [4.69, 9.17) is 0 Å². The van der Waals surface area contributed by atoms with Crippen LogP contribution in [0.3, 0.4) is 0 Å². The number of rotatable bonds is 6. The van der Waals surface area contributed by atoms with Crippen LogP contribution >= 0.6 is 0 Å². The SMILES string of the molecule is CCC(CCCC(C)C)N1CCCC1. The normalized spacial score (nSPS) is 20.6. The standard InChI is InChI=1S/C13H27N/c1-4-13(9-7-8-12(2)3)14-10-5-6-11-14/h12-13H,4-11H2,1-3H3. The lowest BCUT2D eigenvalue weighted by atomic mass is 10.0. The quantitative estimate of drug-likeness (QED) is 0.628. The highest BCUT2D eigenvalue weighted by Crippen LogP contribution is 2.19. The highest BCUT2D eigenvalue weighted by molar-refractivity contribution is 4.75. The molecule has 0 amide bonds. The minimum Gasteiger partial charge on any atom is -0.300 e. The van der Waals surface area contributed by atoms with Crippen molar-refractivity contribution in [1.82, 2.24) is 4.90 Å². The second-order valence-electron chi connectivity index (χ2n) is 5.13. The molecular formula is C13H27N. The molecule has 0 aromatic rings. The van der Waals surface area contributed by atoms with Crippen molar-refractivity contribution in [2.24, 2.45) is 5.92 Å². The molecule has 1 fully saturated rings. The Morgan fingerprint density at radius 2 is 1.71 bits per heavy atom. The molecule has 84 valence electrons. The molecule has 0 aromatic heterocycles. The molecule has 0 radical (unpaired) electrons. The summed E-state index contributed by atoms with van der Waals surface area (Å²) < 4.78 is 0. The van der Waals surface area contributed by atoms with Crippen LogP contribution in [0.2, 0.25) is 0 Å². The van der Waals surface area contributed by atoms with Crippen molar-refractivity contribution in [2.75, 3.05) is 13.1 Å². The fourth-order valence-electron chi connectivity index (χ4n) is 2.51. The molecule has 1 aliphatic heterocycles. The largest absolute Gasteiger partial charge is 0.300 e. The van der Waals surface area contributed by atoms with Gasteiger partial charge in [-0.2, -0.15) is 0 Å². The third kappa shape index (κ3) is 4.00. The smallest absolute Gasteiger partial charge is 0.00926 e. The third-order valence-corrected chi connectivity index (χ3v) is 3.45. The van der Waals surface area contributed by atoms with E-state index >= 15 is 0 Å². The van der Waals surface area contributed by atoms with E-state index in [-0.39, 0.29) is 0 Å². The predicted molar refractivity (Wildman–Crippen MR) is 63.6 cm³/mol. The number of hydrogen-bond acceptors (Lipinski definition) is 1. The summed E-state index contributed by atoms with van der Waals surface area (Å²) in [5.41, 5.74) is 0. The Morgan fingerprint density at radius 1 is 1.07 bits per heavy atom. The minimum absolute atomic E-state index is 0.881. The first-order valence-corrected chi connectivity index (χ1v) is 6.48. The monoisotopic (exact) mass is 197 g/mol. The van der Waals surface area contributed by atoms with Crippen molar-refractivity contribution in [3.05, 3.63) is 0 Å². The Labute approximate surface area is 89.9 Å². The van der Waals surface area contributed by atoms with Crippen molar-refractivity contribution >= 4 is 0 Å². The molecule has 0 saturated carbocycles. The zero-order valence-electron chi connectivity index (χ0n) is 10.3. The zero-order chi connectivity index (χ0) is 10.4. The second-order valence-corrected chi connectivity index (χ2v) is 5.13. The molecule has 1 heterocycles. The Bertz CT molecular complexity index is 136. The summed E-state index contributed by atoms with van der Waals surface area (Å²) in [7, 11) is 0. The first-order chi connectivity index (χ1) is 6.74. The summed E-state index contributed by atoms with van der Waals surface area (Å²) in [5, 5.41) is 0. The highest BCUT2D eigenvalue weighted by Gasteiger charge is 2.19. The summed E-state index contributed by atoms with van der Waals surface area (Å²) in [6.07, 6.45) is 8.46. The lowest BCUT2D eigenvalue weighted by Gasteiger charge is -2.26. The van der Waals surface area contributed by atoms with E-state index < -0.39 is 0 Å². The lowest BCUT2D eigenvalue weighted by molar-refractivity contribution is 0.218. The van der Waals surface area contributed by atoms with Crippen molar-refractivity contribution < 1.29 is 0 Å². The Balaban J connectivity index is 2.17. The van der Waals surface area contributed by atoms with Crippen molar-refractivity contribution in [2.45, 2.75) is 65.3 Å². The fourth-order valence-corrected chi connectivity index (χ4v) is 2.51. The first-order valence-electron chi connectivity index (χ1n) is 6.48. The van der Waals surface area contributed by atoms with Crippen LogP contribution in [0, 0.1) is 5.92 Å². The maximum Gasteiger partial charge on any atom is 0.00926 e. The molecule has 0 N–H and O–H groups in total. The van der Waals surface area contributed by atoms with Crippen LogP contribution in [-0.2, 0) is 0 Å². The van der Waals surface area contributed by atoms with E-state index in [2.05, 4.69) is 25.7 Å². The summed E-state index contributed by atoms with van der Waals surface area (Å²) in [6, 6.07) is 0.885. The van der Waals surface area contributed by atoms with Crippen molar-refractivity contribution in [3.63, 3.8) is 0 Å². The molecule has 0 spiro atoms. The minimum atomic E-state index is 0.881. The van der Waals surface area contributed by atoms with Crippen LogP contribution < -0.4 is 0 Å². The zero-order valence-corrected chi connectivity index (χ0v) is 10.3. The molecule has 0 bridgehead atoms. The van der Waals surface area contributed by atoms with E-state index in [1.807, 2.05) is 0 Å². The van der Waals surface area contributed by atoms with Crippen LogP contribution in [0.4, 0.5) is 0 Å². The molecule has 1 heteroatoms. The van der Waals surface area contributed by atoms with Crippen LogP contribution in [0.15, 0.2) is 0 Å². The second kappa shape index (κ2) is 6.44. The topological polar surface area (TPSA) is 3.24 Å². The molecule has 0 aromatic carbocycles. The van der Waals surface area contributed by atoms with Crippen molar-refractivity contribution in [1.29, 1.82) is 0 Å². The van der Waals surface area contributed by atoms with Gasteiger partial charge in [-0.1, -0.05) is 33.6 Å². The maximum atomic E-state index is 2.71. The van der Waals surface area contributed by atoms with Gasteiger partial charge in [-0.25, -0.2) is 0 Å². The van der Waals surface area contributed by atoms with E-state index in [1.165, 1.54) is 51.6 Å². The van der Waals surface area contributed by atoms with Gasteiger partial charge in [0, 0.05) is 6.04 Å². The molecule has 1 rings (SSSR count). The molecular weight excluding hydrogens is 170 g/mol. The number of likely N-dealkylation sites (tertiary alicyclic amines) is 1. The fraction of sp³-hybridized carbons (Fsp3) is 1.00. The van der Waals surface area contributed by atoms with Crippen molar-refractivity contribution in [3.8, 4) is 0 Å². The van der Waals surface area contributed by atoms with E-state index in [0.29, 0.717) is 0 Å². The summed E-state index contributed by atoms with van der Waals surface area (Å²) in [4.78, 5) is 2.71. The Kier molecular flexibility index (Phi) is 5.54. The van der Waals surface area contributed by atoms with Gasteiger partial charge in [-0.15, -0.1) is 0 Å². The van der Waals surface area contributed by atoms with Gasteiger partial charge in [0.1, 0.15) is 0 Å². The Hall–Kier alpha value is -0.0400. The molecule has 1 nitrogen and oxygen atoms in total. The maximum absolute atomic E-state index is 2.71. The number of nitrogens with zero attached hydrogens (tertiary/aromatic N) is 1. The van der Waals surface area contributed by atoms with Gasteiger partial charge >= 0.3 is 0 Å². The summed E-state index contributed by atoms with van der Waals surface area (Å²) in [6.45, 7) is 9.73. The van der Waals surface area contributed by atoms with Gasteiger partial charge in [-0.05, 0) is 44.7 Å². The van der Waals surface area contributed by atoms with Gasteiger partial charge < -0.3 is 4.90 Å². The lowest BCUT2D eigenvalue weighted by Crippen LogP contribution is -2.32. The van der Waals surface area contributed by atoms with Crippen LogP contribution in [0.25, 0.3) is 0 Å². The first kappa shape index (κ1) is 12.0. The molecule has 14 heavy (non-hydrogen) atoms. The predicted octanol–water partition coefficient (Wildman–Crippen LogP) is 3.69. The van der Waals surface area contributed by atoms with Crippen LogP contribution in [0.5, 0.6) is 0 Å². The van der Waals surface area contributed by atoms with E-state index in [0.717, 1.165) is 12.0 Å². The highest BCUT2D eigenvalue weighted by atomic mass is 15.2. The Morgan fingerprint density at radius 3 is 2.21 bits per heavy atom. The number of hydrogen-bond donors (Lipinski definition) is 0. The molecule has 0 aliphatic carbocycles. The van der Waals surface area contributed by atoms with Gasteiger partial charge in [0.2, 0.25) is 0 Å². The van der Waals surface area contributed by atoms with Crippen LogP contribution in [0.1, 0.15) is 59.3 Å². The van der Waals surface area contributed by atoms with Gasteiger partial charge in [0.25, 0.3) is 0 Å². The summed E-state index contributed by atoms with van der Waals surface area (Å²) in [5.74, 6) is 0.881. The molecule has 1 aliphatic rings. The average molecular weight is 197 g/mol. The molecule has 1 atom stereocenters. The van der Waals surface area contributed by atoms with Gasteiger partial charge in [0.05, 0.1) is 0 Å².